The van der Waals surface area contributed by atoms with Crippen molar-refractivity contribution in [2.24, 2.45) is 5.92 Å². The Labute approximate surface area is 203 Å². The molecule has 0 spiro atoms. The van der Waals surface area contributed by atoms with E-state index < -0.39 is 18.4 Å². The number of piperidine rings is 1. The van der Waals surface area contributed by atoms with E-state index in [0.717, 1.165) is 17.7 Å². The molecular weight excluding hydrogens is 497 g/mol. The summed E-state index contributed by atoms with van der Waals surface area (Å²) in [5, 5.41) is 0. The van der Waals surface area contributed by atoms with Crippen molar-refractivity contribution < 1.29 is 4.74 Å². The number of fused-ring (bicyclic) bond motifs is 2. The van der Waals surface area contributed by atoms with E-state index in [1.807, 2.05) is 7.11 Å². The van der Waals surface area contributed by atoms with Crippen molar-refractivity contribution in [3.05, 3.63) is 39.5 Å². The Morgan fingerprint density at radius 3 is 2.31 bits per heavy atom. The Kier molecular flexibility index (Phi) is 11.0. The van der Waals surface area contributed by atoms with Gasteiger partial charge in [-0.1, -0.05) is 0 Å². The zero-order valence-corrected chi connectivity index (χ0v) is 24.4. The topological polar surface area (TPSA) is 12.5 Å². The molecular formula is C29H49NOSn. The molecule has 32 heavy (non-hydrogen) atoms. The van der Waals surface area contributed by atoms with Crippen molar-refractivity contribution in [2.75, 3.05) is 20.2 Å². The fourth-order valence-electron chi connectivity index (χ4n) is 6.34. The molecule has 1 aliphatic heterocycles. The summed E-state index contributed by atoms with van der Waals surface area (Å²) in [6.45, 7) is 9.60. The second-order valence-electron chi connectivity index (χ2n) is 10.5. The van der Waals surface area contributed by atoms with Gasteiger partial charge < -0.3 is 0 Å². The Bertz CT molecular complexity index is 693. The number of unbranched alkanes of at least 4 members (excludes halogenated alkanes) is 3. The number of hydrogen-bond donors (Lipinski definition) is 0. The van der Waals surface area contributed by atoms with E-state index in [1.165, 1.54) is 88.4 Å². The minimum absolute atomic E-state index is 0.722. The summed E-state index contributed by atoms with van der Waals surface area (Å²) in [5.41, 5.74) is 3.02. The molecule has 0 aromatic heterocycles. The van der Waals surface area contributed by atoms with Crippen LogP contribution in [0.4, 0.5) is 0 Å². The molecule has 180 valence electrons. The van der Waals surface area contributed by atoms with Crippen molar-refractivity contribution in [1.29, 1.82) is 0 Å². The Hall–Kier alpha value is -0.481. The van der Waals surface area contributed by atoms with Crippen molar-refractivity contribution >= 4 is 18.4 Å². The molecule has 1 saturated heterocycles. The van der Waals surface area contributed by atoms with Crippen LogP contribution in [0.25, 0.3) is 0 Å². The van der Waals surface area contributed by atoms with E-state index >= 15 is 0 Å². The summed E-state index contributed by atoms with van der Waals surface area (Å²) in [7, 11) is 1.83. The molecule has 0 amide bonds. The first-order valence-corrected chi connectivity index (χ1v) is 21.4. The van der Waals surface area contributed by atoms with Gasteiger partial charge in [-0.3, -0.25) is 0 Å². The van der Waals surface area contributed by atoms with Gasteiger partial charge in [-0.05, 0) is 0 Å². The Balaban J connectivity index is 1.71. The molecule has 3 heteroatoms. The van der Waals surface area contributed by atoms with Crippen LogP contribution in [0.3, 0.4) is 0 Å². The summed E-state index contributed by atoms with van der Waals surface area (Å²) in [4.78, 5) is 2.84. The van der Waals surface area contributed by atoms with Gasteiger partial charge in [-0.25, -0.2) is 0 Å². The quantitative estimate of drug-likeness (QED) is 0.234. The summed E-state index contributed by atoms with van der Waals surface area (Å²) >= 11 is -2.16. The van der Waals surface area contributed by atoms with E-state index in [0.29, 0.717) is 0 Å². The number of methoxy groups -OCH3 is 1. The van der Waals surface area contributed by atoms with Crippen LogP contribution in [0, 0.1) is 5.92 Å². The molecule has 0 unspecified atom stereocenters. The fourth-order valence-corrected chi connectivity index (χ4v) is 20.7. The predicted molar refractivity (Wildman–Crippen MR) is 143 cm³/mol. The second-order valence-corrected chi connectivity index (χ2v) is 23.6. The molecule has 1 aromatic rings. The summed E-state index contributed by atoms with van der Waals surface area (Å²) < 4.78 is 13.3. The van der Waals surface area contributed by atoms with Crippen molar-refractivity contribution in [1.82, 2.24) is 4.90 Å². The van der Waals surface area contributed by atoms with Gasteiger partial charge >= 0.3 is 204 Å². The molecule has 0 N–H and O–H groups in total. The second kappa shape index (κ2) is 13.4. The van der Waals surface area contributed by atoms with Crippen molar-refractivity contribution in [2.45, 2.75) is 104 Å². The monoisotopic (exact) mass is 547 g/mol. The molecule has 1 aromatic carbocycles. The maximum absolute atomic E-state index is 5.70. The SMILES string of the molecule is CCC[CH2][Sn](/[CH]=C/CN1CCC[C@H]2Cc3c(cccc3OC)C[C@@H]21)([CH2]CCC)[CH2]CCC. The molecule has 0 saturated carbocycles. The van der Waals surface area contributed by atoms with Crippen LogP contribution in [0.2, 0.25) is 13.3 Å². The number of likely N-dealkylation sites (tertiary alicyclic amines) is 1. The van der Waals surface area contributed by atoms with Crippen LogP contribution in [0.5, 0.6) is 5.75 Å². The van der Waals surface area contributed by atoms with Gasteiger partial charge in [0.05, 0.1) is 0 Å². The Morgan fingerprint density at radius 2 is 1.69 bits per heavy atom. The molecule has 0 bridgehead atoms. The molecule has 1 aliphatic carbocycles. The van der Waals surface area contributed by atoms with Crippen LogP contribution in [-0.4, -0.2) is 49.5 Å². The van der Waals surface area contributed by atoms with E-state index in [-0.39, 0.29) is 0 Å². The van der Waals surface area contributed by atoms with E-state index in [9.17, 15) is 0 Å². The maximum atomic E-state index is 5.70. The third-order valence-electron chi connectivity index (χ3n) is 8.27. The van der Waals surface area contributed by atoms with E-state index in [4.69, 9.17) is 4.74 Å². The van der Waals surface area contributed by atoms with Crippen molar-refractivity contribution in [3.63, 3.8) is 0 Å². The number of benzene rings is 1. The molecule has 3 rings (SSSR count). The van der Waals surface area contributed by atoms with Gasteiger partial charge in [0.1, 0.15) is 0 Å². The van der Waals surface area contributed by atoms with Crippen LogP contribution < -0.4 is 4.74 Å². The zero-order valence-electron chi connectivity index (χ0n) is 21.5. The fraction of sp³-hybridized carbons (Fsp3) is 0.724. The van der Waals surface area contributed by atoms with Crippen LogP contribution in [-0.2, 0) is 12.8 Å². The minimum atomic E-state index is -2.16. The van der Waals surface area contributed by atoms with E-state index in [2.05, 4.69) is 54.0 Å². The third-order valence-corrected chi connectivity index (χ3v) is 22.5. The van der Waals surface area contributed by atoms with Gasteiger partial charge in [-0.2, -0.15) is 0 Å². The number of hydrogen-bond acceptors (Lipinski definition) is 2. The summed E-state index contributed by atoms with van der Waals surface area (Å²) in [6.07, 6.45) is 16.3. The van der Waals surface area contributed by atoms with Crippen molar-refractivity contribution in [3.8, 4) is 5.75 Å². The summed E-state index contributed by atoms with van der Waals surface area (Å²) in [6, 6.07) is 7.40. The molecule has 2 nitrogen and oxygen atoms in total. The van der Waals surface area contributed by atoms with Gasteiger partial charge in [-0.15, -0.1) is 0 Å². The van der Waals surface area contributed by atoms with Gasteiger partial charge in [0, 0.05) is 0 Å². The zero-order chi connectivity index (χ0) is 22.8. The standard InChI is InChI=1S/C17H22NO.3C4H9.Sn/c1-3-9-18-10-5-7-14-11-15-13(12-16(14)18)6-4-8-17(15)19-2;3*1-3-4-2;/h1,3-4,6,8,14,16H,5,7,9-12H2,2H3;3*1,3-4H2,2H3;/t14-,16-;;;;/m0..../s1. The molecule has 1 fully saturated rings. The molecule has 2 aliphatic rings. The number of rotatable bonds is 13. The van der Waals surface area contributed by atoms with Gasteiger partial charge in [0.15, 0.2) is 0 Å². The van der Waals surface area contributed by atoms with Crippen LogP contribution >= 0.6 is 0 Å². The first kappa shape index (κ1) is 26.1. The predicted octanol–water partition coefficient (Wildman–Crippen LogP) is 7.82. The number of ether oxygens (including phenoxy) is 1. The average molecular weight is 546 g/mol. The van der Waals surface area contributed by atoms with Crippen LogP contribution in [0.1, 0.15) is 83.3 Å². The normalized spacial score (nSPS) is 21.5. The van der Waals surface area contributed by atoms with E-state index in [1.54, 1.807) is 13.3 Å². The molecule has 2 atom stereocenters. The summed E-state index contributed by atoms with van der Waals surface area (Å²) in [5.74, 6) is 1.91. The average Bonchev–Trinajstić information content (AvgIpc) is 2.83. The molecule has 1 heterocycles. The third kappa shape index (κ3) is 6.78. The first-order valence-electron chi connectivity index (χ1n) is 13.7. The van der Waals surface area contributed by atoms with Gasteiger partial charge in [0.2, 0.25) is 0 Å². The first-order chi connectivity index (χ1) is 15.7. The van der Waals surface area contributed by atoms with Crippen LogP contribution in [0.15, 0.2) is 28.4 Å². The van der Waals surface area contributed by atoms with Gasteiger partial charge in [0.25, 0.3) is 0 Å². The Morgan fingerprint density at radius 1 is 1.00 bits per heavy atom. The molecule has 0 radical (unpaired) electrons. The number of nitrogens with zero attached hydrogens (tertiary/aromatic N) is 1.